The van der Waals surface area contributed by atoms with Crippen LogP contribution in [-0.4, -0.2) is 13.2 Å². The van der Waals surface area contributed by atoms with E-state index < -0.39 is 0 Å². The van der Waals surface area contributed by atoms with Gasteiger partial charge < -0.3 is 4.74 Å². The summed E-state index contributed by atoms with van der Waals surface area (Å²) in [4.78, 5) is 0. The second-order valence-electron chi connectivity index (χ2n) is 5.54. The van der Waals surface area contributed by atoms with Crippen molar-refractivity contribution in [2.75, 3.05) is 13.2 Å². The van der Waals surface area contributed by atoms with Crippen LogP contribution in [0.1, 0.15) is 39.2 Å². The number of hydrogen-bond donors (Lipinski definition) is 0. The Morgan fingerprint density at radius 2 is 1.73 bits per heavy atom. The lowest BCUT2D eigenvalue weighted by molar-refractivity contribution is 0.193. The smallest absolute Gasteiger partial charge is 0.0666 e. The van der Waals surface area contributed by atoms with Crippen LogP contribution >= 0.6 is 0 Å². The zero-order valence-electron chi connectivity index (χ0n) is 13.9. The Hall–Kier alpha value is -2.04. The van der Waals surface area contributed by atoms with Crippen molar-refractivity contribution < 1.29 is 4.74 Å². The minimum absolute atomic E-state index is 0.534. The molecule has 0 heterocycles. The Morgan fingerprint density at radius 3 is 2.36 bits per heavy atom. The summed E-state index contributed by atoms with van der Waals surface area (Å²) in [6.45, 7) is 7.57. The molecule has 1 rings (SSSR count). The fourth-order valence-corrected chi connectivity index (χ4v) is 1.98. The molecule has 0 saturated heterocycles. The molecular formula is C21H26O. The summed E-state index contributed by atoms with van der Waals surface area (Å²) in [5.74, 6) is 2.72. The number of terminal acetylenes is 1. The summed E-state index contributed by atoms with van der Waals surface area (Å²) < 4.78 is 5.62. The summed E-state index contributed by atoms with van der Waals surface area (Å²) in [5, 5.41) is 0. The van der Waals surface area contributed by atoms with Gasteiger partial charge in [-0.05, 0) is 45.3 Å². The predicted octanol–water partition coefficient (Wildman–Crippen LogP) is 5.41. The number of ether oxygens (including phenoxy) is 1. The molecule has 0 aliphatic rings. The van der Waals surface area contributed by atoms with E-state index >= 15 is 0 Å². The van der Waals surface area contributed by atoms with Crippen LogP contribution < -0.4 is 0 Å². The molecule has 1 heteroatoms. The van der Waals surface area contributed by atoms with E-state index in [-0.39, 0.29) is 0 Å². The third-order valence-corrected chi connectivity index (χ3v) is 3.29. The Kier molecular flexibility index (Phi) is 8.72. The molecule has 1 nitrogen and oxygen atoms in total. The largest absolute Gasteiger partial charge is 0.373 e. The van der Waals surface area contributed by atoms with Gasteiger partial charge in [0.2, 0.25) is 0 Å². The van der Waals surface area contributed by atoms with Crippen molar-refractivity contribution in [1.82, 2.24) is 0 Å². The molecule has 0 fully saturated rings. The van der Waals surface area contributed by atoms with Gasteiger partial charge in [-0.3, -0.25) is 0 Å². The van der Waals surface area contributed by atoms with Gasteiger partial charge in [0, 0.05) is 5.57 Å². The summed E-state index contributed by atoms with van der Waals surface area (Å²) in [6, 6.07) is 9.98. The van der Waals surface area contributed by atoms with Crippen molar-refractivity contribution >= 4 is 5.57 Å². The molecule has 1 aromatic rings. The van der Waals surface area contributed by atoms with Crippen molar-refractivity contribution in [3.8, 4) is 12.3 Å². The molecule has 0 aliphatic carbocycles. The first-order chi connectivity index (χ1) is 10.6. The molecule has 0 saturated carbocycles. The first kappa shape index (κ1) is 18.0. The molecule has 22 heavy (non-hydrogen) atoms. The van der Waals surface area contributed by atoms with Gasteiger partial charge in [0.25, 0.3) is 0 Å². The fourth-order valence-electron chi connectivity index (χ4n) is 1.98. The summed E-state index contributed by atoms with van der Waals surface area (Å²) in [5.41, 5.74) is 4.67. The summed E-state index contributed by atoms with van der Waals surface area (Å²) in [7, 11) is 0. The van der Waals surface area contributed by atoms with Crippen LogP contribution in [0.25, 0.3) is 5.57 Å². The van der Waals surface area contributed by atoms with Crippen molar-refractivity contribution in [1.29, 1.82) is 0 Å². The molecule has 0 aliphatic heterocycles. The van der Waals surface area contributed by atoms with Crippen LogP contribution in [0.15, 0.2) is 59.7 Å². The quantitative estimate of drug-likeness (QED) is 0.354. The Labute approximate surface area is 135 Å². The van der Waals surface area contributed by atoms with E-state index in [9.17, 15) is 0 Å². The van der Waals surface area contributed by atoms with Gasteiger partial charge in [-0.1, -0.05) is 59.6 Å². The van der Waals surface area contributed by atoms with Crippen molar-refractivity contribution in [3.63, 3.8) is 0 Å². The topological polar surface area (TPSA) is 9.23 Å². The molecule has 0 radical (unpaired) electrons. The predicted molar refractivity (Wildman–Crippen MR) is 96.5 cm³/mol. The average Bonchev–Trinajstić information content (AvgIpc) is 2.51. The van der Waals surface area contributed by atoms with Crippen LogP contribution in [0.5, 0.6) is 0 Å². The third-order valence-electron chi connectivity index (χ3n) is 3.29. The van der Waals surface area contributed by atoms with Crippen LogP contribution in [0, 0.1) is 12.3 Å². The van der Waals surface area contributed by atoms with Crippen LogP contribution in [0.2, 0.25) is 0 Å². The van der Waals surface area contributed by atoms with E-state index in [0.29, 0.717) is 13.2 Å². The molecule has 0 aromatic heterocycles. The molecule has 0 unspecified atom stereocenters. The lowest BCUT2D eigenvalue weighted by atomic mass is 10.1. The number of allylic oxidation sites excluding steroid dienone is 4. The van der Waals surface area contributed by atoms with E-state index in [4.69, 9.17) is 11.2 Å². The molecule has 0 amide bonds. The second kappa shape index (κ2) is 10.7. The molecule has 116 valence electrons. The maximum atomic E-state index is 5.62. The SMILES string of the molecule is C#C/C(=C\COC/C=C(\C)CCC=C(C)C)c1ccccc1. The van der Waals surface area contributed by atoms with Crippen molar-refractivity contribution in [2.24, 2.45) is 0 Å². The highest BCUT2D eigenvalue weighted by Crippen LogP contribution is 2.12. The zero-order chi connectivity index (χ0) is 16.2. The van der Waals surface area contributed by atoms with Crippen LogP contribution in [0.3, 0.4) is 0 Å². The second-order valence-corrected chi connectivity index (χ2v) is 5.54. The van der Waals surface area contributed by atoms with E-state index in [0.717, 1.165) is 24.0 Å². The Morgan fingerprint density at radius 1 is 1.05 bits per heavy atom. The van der Waals surface area contributed by atoms with E-state index in [2.05, 4.69) is 38.8 Å². The van der Waals surface area contributed by atoms with Crippen molar-refractivity contribution in [3.05, 3.63) is 65.3 Å². The van der Waals surface area contributed by atoms with Gasteiger partial charge in [-0.2, -0.15) is 0 Å². The van der Waals surface area contributed by atoms with Gasteiger partial charge in [-0.25, -0.2) is 0 Å². The summed E-state index contributed by atoms with van der Waals surface area (Å²) in [6.07, 6.45) is 14.1. The highest BCUT2D eigenvalue weighted by Gasteiger charge is 1.96. The van der Waals surface area contributed by atoms with Gasteiger partial charge >= 0.3 is 0 Å². The van der Waals surface area contributed by atoms with Gasteiger partial charge in [-0.15, -0.1) is 6.42 Å². The first-order valence-electron chi connectivity index (χ1n) is 7.72. The lowest BCUT2D eigenvalue weighted by Gasteiger charge is -2.02. The normalized spacial score (nSPS) is 11.9. The van der Waals surface area contributed by atoms with E-state index in [1.807, 2.05) is 36.4 Å². The molecule has 0 bridgehead atoms. The molecular weight excluding hydrogens is 268 g/mol. The Bertz CT molecular complexity index is 564. The minimum Gasteiger partial charge on any atom is -0.373 e. The standard InChI is InChI=1S/C21H26O/c1-5-20(21-12-7-6-8-13-21)15-17-22-16-14-19(4)11-9-10-18(2)3/h1,6-8,10,12-15H,9,11,16-17H2,2-4H3/b19-14+,20-15+. The number of benzene rings is 1. The molecule has 0 N–H and O–H groups in total. The van der Waals surface area contributed by atoms with Gasteiger partial charge in [0.15, 0.2) is 0 Å². The Balaban J connectivity index is 2.36. The first-order valence-corrected chi connectivity index (χ1v) is 7.72. The van der Waals surface area contributed by atoms with Crippen LogP contribution in [-0.2, 0) is 4.74 Å². The maximum absolute atomic E-state index is 5.62. The zero-order valence-corrected chi connectivity index (χ0v) is 13.9. The number of hydrogen-bond acceptors (Lipinski definition) is 1. The monoisotopic (exact) mass is 294 g/mol. The fraction of sp³-hybridized carbons (Fsp3) is 0.333. The van der Waals surface area contributed by atoms with Crippen molar-refractivity contribution in [2.45, 2.75) is 33.6 Å². The average molecular weight is 294 g/mol. The highest BCUT2D eigenvalue weighted by molar-refractivity contribution is 5.78. The minimum atomic E-state index is 0.534. The van der Waals surface area contributed by atoms with Gasteiger partial charge in [0.1, 0.15) is 0 Å². The third kappa shape index (κ3) is 7.67. The lowest BCUT2D eigenvalue weighted by Crippen LogP contribution is -1.93. The van der Waals surface area contributed by atoms with Gasteiger partial charge in [0.05, 0.1) is 13.2 Å². The molecule has 0 spiro atoms. The van der Waals surface area contributed by atoms with E-state index in [1.165, 1.54) is 11.1 Å². The highest BCUT2D eigenvalue weighted by atomic mass is 16.5. The molecule has 0 atom stereocenters. The summed E-state index contributed by atoms with van der Waals surface area (Å²) >= 11 is 0. The maximum Gasteiger partial charge on any atom is 0.0666 e. The number of rotatable bonds is 8. The van der Waals surface area contributed by atoms with Crippen LogP contribution in [0.4, 0.5) is 0 Å². The molecule has 1 aromatic carbocycles. The van der Waals surface area contributed by atoms with E-state index in [1.54, 1.807) is 0 Å².